The zero-order chi connectivity index (χ0) is 11.3. The maximum absolute atomic E-state index is 10.5. The lowest BCUT2D eigenvalue weighted by Crippen LogP contribution is -2.28. The highest BCUT2D eigenvalue weighted by molar-refractivity contribution is 5.69. The Morgan fingerprint density at radius 3 is 3.00 bits per heavy atom. The lowest BCUT2D eigenvalue weighted by molar-refractivity contribution is -0.140. The van der Waals surface area contributed by atoms with Crippen molar-refractivity contribution in [2.45, 2.75) is 20.4 Å². The first kappa shape index (κ1) is 11.7. The van der Waals surface area contributed by atoms with E-state index >= 15 is 0 Å². The highest BCUT2D eigenvalue weighted by Gasteiger charge is 2.08. The first-order chi connectivity index (χ1) is 7.09. The molecule has 0 fully saturated rings. The topological polar surface area (TPSA) is 67.2 Å². The highest BCUT2D eigenvalue weighted by Crippen LogP contribution is 1.94. The van der Waals surface area contributed by atoms with Crippen molar-refractivity contribution in [3.8, 4) is 0 Å². The van der Waals surface area contributed by atoms with Gasteiger partial charge in [-0.25, -0.2) is 0 Å². The molecule has 15 heavy (non-hydrogen) atoms. The Morgan fingerprint density at radius 1 is 1.73 bits per heavy atom. The van der Waals surface area contributed by atoms with E-state index in [2.05, 4.69) is 10.4 Å². The normalized spacial score (nSPS) is 12.7. The van der Waals surface area contributed by atoms with Crippen LogP contribution in [0.1, 0.15) is 12.5 Å². The van der Waals surface area contributed by atoms with Crippen molar-refractivity contribution < 1.29 is 9.90 Å². The molecule has 0 radical (unpaired) electrons. The fourth-order valence-corrected chi connectivity index (χ4v) is 1.19. The number of rotatable bonds is 6. The monoisotopic (exact) mass is 211 g/mol. The first-order valence-electron chi connectivity index (χ1n) is 5.02. The minimum atomic E-state index is -0.766. The lowest BCUT2D eigenvalue weighted by Gasteiger charge is -2.07. The molecular weight excluding hydrogens is 194 g/mol. The molecule has 1 heterocycles. The van der Waals surface area contributed by atoms with E-state index in [1.54, 1.807) is 13.1 Å². The third-order valence-corrected chi connectivity index (χ3v) is 2.15. The second-order valence-electron chi connectivity index (χ2n) is 3.72. The number of nitrogens with zero attached hydrogens (tertiary/aromatic N) is 2. The molecule has 1 rings (SSSR count). The Labute approximate surface area is 89.1 Å². The molecule has 0 saturated carbocycles. The van der Waals surface area contributed by atoms with Gasteiger partial charge >= 0.3 is 5.97 Å². The number of nitrogens with one attached hydrogen (secondary N) is 1. The number of aliphatic carboxylic acids is 1. The quantitative estimate of drug-likeness (QED) is 0.672. The van der Waals surface area contributed by atoms with E-state index in [-0.39, 0.29) is 5.92 Å². The van der Waals surface area contributed by atoms with E-state index in [0.717, 1.165) is 18.7 Å². The molecule has 0 aliphatic rings. The molecule has 1 aromatic rings. The summed E-state index contributed by atoms with van der Waals surface area (Å²) in [6.45, 7) is 5.67. The van der Waals surface area contributed by atoms with E-state index in [1.165, 1.54) is 0 Å². The van der Waals surface area contributed by atoms with Crippen LogP contribution in [0.5, 0.6) is 0 Å². The van der Waals surface area contributed by atoms with Crippen molar-refractivity contribution >= 4 is 5.97 Å². The van der Waals surface area contributed by atoms with Crippen molar-refractivity contribution in [2.75, 3.05) is 13.1 Å². The van der Waals surface area contributed by atoms with Crippen molar-refractivity contribution in [1.29, 1.82) is 0 Å². The molecule has 2 N–H and O–H groups in total. The fourth-order valence-electron chi connectivity index (χ4n) is 1.19. The van der Waals surface area contributed by atoms with Crippen molar-refractivity contribution in [2.24, 2.45) is 5.92 Å². The van der Waals surface area contributed by atoms with Crippen LogP contribution in [0.15, 0.2) is 12.4 Å². The summed E-state index contributed by atoms with van der Waals surface area (Å²) >= 11 is 0. The molecular formula is C10H17N3O2. The standard InChI is InChI=1S/C10H17N3O2/c1-8-5-12-13(7-8)4-3-11-6-9(2)10(14)15/h5,7,9,11H,3-4,6H2,1-2H3,(H,14,15). The predicted octanol–water partition coefficient (Wildman–Crippen LogP) is 0.502. The van der Waals surface area contributed by atoms with Gasteiger partial charge in [0.1, 0.15) is 0 Å². The molecule has 5 heteroatoms. The number of aromatic nitrogens is 2. The third kappa shape index (κ3) is 4.12. The zero-order valence-electron chi connectivity index (χ0n) is 9.10. The second-order valence-corrected chi connectivity index (χ2v) is 3.72. The summed E-state index contributed by atoms with van der Waals surface area (Å²) in [6.07, 6.45) is 3.77. The Morgan fingerprint density at radius 2 is 2.47 bits per heavy atom. The summed E-state index contributed by atoms with van der Waals surface area (Å²) in [5.41, 5.74) is 1.13. The van der Waals surface area contributed by atoms with Gasteiger partial charge in [0.2, 0.25) is 0 Å². The van der Waals surface area contributed by atoms with Crippen molar-refractivity contribution in [3.63, 3.8) is 0 Å². The Bertz CT molecular complexity index is 322. The van der Waals surface area contributed by atoms with Gasteiger partial charge in [0.25, 0.3) is 0 Å². The van der Waals surface area contributed by atoms with Crippen molar-refractivity contribution in [1.82, 2.24) is 15.1 Å². The van der Waals surface area contributed by atoms with E-state index in [9.17, 15) is 4.79 Å². The Hall–Kier alpha value is -1.36. The third-order valence-electron chi connectivity index (χ3n) is 2.15. The van der Waals surface area contributed by atoms with Gasteiger partial charge in [0, 0.05) is 19.3 Å². The van der Waals surface area contributed by atoms with Crippen LogP contribution in [0.2, 0.25) is 0 Å². The first-order valence-corrected chi connectivity index (χ1v) is 5.02. The summed E-state index contributed by atoms with van der Waals surface area (Å²) in [6, 6.07) is 0. The summed E-state index contributed by atoms with van der Waals surface area (Å²) in [4.78, 5) is 10.5. The molecule has 0 saturated heterocycles. The molecule has 0 aromatic carbocycles. The average molecular weight is 211 g/mol. The van der Waals surface area contributed by atoms with Gasteiger partial charge in [-0.3, -0.25) is 9.48 Å². The SMILES string of the molecule is Cc1cnn(CCNCC(C)C(=O)O)c1. The molecule has 1 unspecified atom stereocenters. The van der Waals surface area contributed by atoms with Crippen LogP contribution in [-0.2, 0) is 11.3 Å². The lowest BCUT2D eigenvalue weighted by atomic mass is 10.2. The number of carboxylic acid groups (broad SMARTS) is 1. The van der Waals surface area contributed by atoms with Gasteiger partial charge in [-0.15, -0.1) is 0 Å². The molecule has 0 spiro atoms. The van der Waals surface area contributed by atoms with Crippen molar-refractivity contribution in [3.05, 3.63) is 18.0 Å². The molecule has 0 aliphatic carbocycles. The van der Waals surface area contributed by atoms with E-state index in [4.69, 9.17) is 5.11 Å². The Kier molecular flexibility index (Phi) is 4.30. The number of hydrogen-bond donors (Lipinski definition) is 2. The predicted molar refractivity (Wildman–Crippen MR) is 56.6 cm³/mol. The minimum absolute atomic E-state index is 0.343. The molecule has 1 aromatic heterocycles. The van der Waals surface area contributed by atoms with E-state index in [0.29, 0.717) is 6.54 Å². The number of carbonyl (C=O) groups is 1. The summed E-state index contributed by atoms with van der Waals surface area (Å²) in [7, 11) is 0. The Balaban J connectivity index is 2.14. The van der Waals surface area contributed by atoms with E-state index < -0.39 is 5.97 Å². The second kappa shape index (κ2) is 5.50. The average Bonchev–Trinajstić information content (AvgIpc) is 2.58. The van der Waals surface area contributed by atoms with Crippen LogP contribution < -0.4 is 5.32 Å². The smallest absolute Gasteiger partial charge is 0.307 e. The van der Waals surface area contributed by atoms with E-state index in [1.807, 2.05) is 17.8 Å². The van der Waals surface area contributed by atoms with Crippen LogP contribution in [0.3, 0.4) is 0 Å². The number of hydrogen-bond acceptors (Lipinski definition) is 3. The van der Waals surface area contributed by atoms with Crippen LogP contribution in [0, 0.1) is 12.8 Å². The van der Waals surface area contributed by atoms with Gasteiger partial charge in [-0.2, -0.15) is 5.10 Å². The van der Waals surface area contributed by atoms with Crippen LogP contribution in [0.4, 0.5) is 0 Å². The van der Waals surface area contributed by atoms with Gasteiger partial charge < -0.3 is 10.4 Å². The van der Waals surface area contributed by atoms with Gasteiger partial charge in [-0.05, 0) is 12.5 Å². The van der Waals surface area contributed by atoms with Gasteiger partial charge in [0.05, 0.1) is 18.7 Å². The largest absolute Gasteiger partial charge is 0.481 e. The van der Waals surface area contributed by atoms with Crippen LogP contribution >= 0.6 is 0 Å². The van der Waals surface area contributed by atoms with Gasteiger partial charge in [0.15, 0.2) is 0 Å². The minimum Gasteiger partial charge on any atom is -0.481 e. The molecule has 5 nitrogen and oxygen atoms in total. The molecule has 1 atom stereocenters. The van der Waals surface area contributed by atoms with Crippen LogP contribution in [0.25, 0.3) is 0 Å². The van der Waals surface area contributed by atoms with Crippen LogP contribution in [-0.4, -0.2) is 33.9 Å². The molecule has 84 valence electrons. The zero-order valence-corrected chi connectivity index (χ0v) is 9.10. The maximum atomic E-state index is 10.5. The number of aryl methyl sites for hydroxylation is 1. The van der Waals surface area contributed by atoms with Gasteiger partial charge in [-0.1, -0.05) is 6.92 Å². The summed E-state index contributed by atoms with van der Waals surface area (Å²) in [5, 5.41) is 15.9. The summed E-state index contributed by atoms with van der Waals surface area (Å²) < 4.78 is 1.84. The highest BCUT2D eigenvalue weighted by atomic mass is 16.4. The molecule has 0 amide bonds. The molecule has 0 bridgehead atoms. The molecule has 0 aliphatic heterocycles. The fraction of sp³-hybridized carbons (Fsp3) is 0.600. The summed E-state index contributed by atoms with van der Waals surface area (Å²) in [5.74, 6) is -1.11. The maximum Gasteiger partial charge on any atom is 0.307 e. The number of carboxylic acids is 1.